The van der Waals surface area contributed by atoms with Crippen LogP contribution in [0.3, 0.4) is 0 Å². The molecule has 3 nitrogen and oxygen atoms in total. The number of ether oxygens (including phenoxy) is 1. The van der Waals surface area contributed by atoms with Crippen molar-refractivity contribution in [3.8, 4) is 0 Å². The van der Waals surface area contributed by atoms with Gasteiger partial charge in [-0.15, -0.1) is 0 Å². The van der Waals surface area contributed by atoms with E-state index in [9.17, 15) is 0 Å². The van der Waals surface area contributed by atoms with Crippen LogP contribution in [0, 0.1) is 0 Å². The van der Waals surface area contributed by atoms with Crippen molar-refractivity contribution in [2.24, 2.45) is 5.84 Å². The van der Waals surface area contributed by atoms with E-state index in [0.717, 1.165) is 5.76 Å². The second-order valence-electron chi connectivity index (χ2n) is 1.53. The second kappa shape index (κ2) is 1.42. The highest BCUT2D eigenvalue weighted by Crippen LogP contribution is 2.03. The fraction of sp³-hybridized carbons (Fsp3) is 0.500. The smallest absolute Gasteiger partial charge is 0.173 e. The van der Waals surface area contributed by atoms with Crippen LogP contribution in [0.5, 0.6) is 0 Å². The molecule has 0 fully saturated rings. The summed E-state index contributed by atoms with van der Waals surface area (Å²) in [6, 6.07) is 0. The van der Waals surface area contributed by atoms with Gasteiger partial charge in [-0.1, -0.05) is 0 Å². The summed E-state index contributed by atoms with van der Waals surface area (Å²) in [7, 11) is 0. The molecule has 1 aliphatic rings. The van der Waals surface area contributed by atoms with Gasteiger partial charge >= 0.3 is 0 Å². The summed E-state index contributed by atoms with van der Waals surface area (Å²) in [6.45, 7) is 2.36. The minimum absolute atomic E-state index is 0.492. The second-order valence-corrected chi connectivity index (χ2v) is 1.53. The van der Waals surface area contributed by atoms with Crippen molar-refractivity contribution in [3.63, 3.8) is 0 Å². The molecule has 7 heavy (non-hydrogen) atoms. The Balaban J connectivity index is 2.50. The number of rotatable bonds is 0. The molecule has 0 unspecified atom stereocenters. The minimum atomic E-state index is 0.492. The minimum Gasteiger partial charge on any atom is -0.475 e. The maximum Gasteiger partial charge on any atom is 0.173 e. The number of allylic oxidation sites excluding steroid dienone is 1. The Hall–Kier alpha value is -0.700. The Kier molecular flexibility index (Phi) is 0.906. The average Bonchev–Trinajstić information content (AvgIpc) is 1.87. The van der Waals surface area contributed by atoms with Crippen molar-refractivity contribution in [2.45, 2.75) is 6.92 Å². The van der Waals surface area contributed by atoms with E-state index >= 15 is 0 Å². The molecule has 0 bridgehead atoms. The summed E-state index contributed by atoms with van der Waals surface area (Å²) in [5, 5.41) is 1.50. The third kappa shape index (κ3) is 0.838. The third-order valence-corrected chi connectivity index (χ3v) is 0.789. The summed E-state index contributed by atoms with van der Waals surface area (Å²) in [6.07, 6.45) is 1.75. The largest absolute Gasteiger partial charge is 0.475 e. The number of hydrogen-bond acceptors (Lipinski definition) is 3. The SMILES string of the molecule is CC1=CN(N)CO1. The first-order valence-electron chi connectivity index (χ1n) is 2.11. The van der Waals surface area contributed by atoms with Crippen molar-refractivity contribution >= 4 is 0 Å². The Morgan fingerprint density at radius 2 is 2.71 bits per heavy atom. The molecule has 0 aromatic carbocycles. The first-order valence-corrected chi connectivity index (χ1v) is 2.11. The van der Waals surface area contributed by atoms with Gasteiger partial charge in [-0.25, -0.2) is 5.84 Å². The lowest BCUT2D eigenvalue weighted by Gasteiger charge is -2.00. The van der Waals surface area contributed by atoms with E-state index in [1.165, 1.54) is 5.01 Å². The van der Waals surface area contributed by atoms with Crippen LogP contribution in [0.1, 0.15) is 6.92 Å². The van der Waals surface area contributed by atoms with E-state index < -0.39 is 0 Å². The van der Waals surface area contributed by atoms with Crippen molar-refractivity contribution in [1.82, 2.24) is 5.01 Å². The number of hydrazine groups is 1. The van der Waals surface area contributed by atoms with Gasteiger partial charge in [0.2, 0.25) is 0 Å². The van der Waals surface area contributed by atoms with Gasteiger partial charge in [-0.2, -0.15) is 0 Å². The van der Waals surface area contributed by atoms with Crippen LogP contribution in [0.15, 0.2) is 12.0 Å². The Bertz CT molecular complexity index is 99.9. The average molecular weight is 100 g/mol. The molecular weight excluding hydrogens is 92.1 g/mol. The summed E-state index contributed by atoms with van der Waals surface area (Å²) >= 11 is 0. The molecule has 0 saturated heterocycles. The summed E-state index contributed by atoms with van der Waals surface area (Å²) in [5.74, 6) is 6.13. The predicted octanol–water partition coefficient (Wildman–Crippen LogP) is 0.0111. The molecule has 0 spiro atoms. The summed E-state index contributed by atoms with van der Waals surface area (Å²) < 4.78 is 4.93. The van der Waals surface area contributed by atoms with Crippen molar-refractivity contribution in [1.29, 1.82) is 0 Å². The first kappa shape index (κ1) is 4.46. The standard InChI is InChI=1S/C4H8N2O/c1-4-2-6(5)3-7-4/h2H,3,5H2,1H3. The zero-order chi connectivity index (χ0) is 5.28. The highest BCUT2D eigenvalue weighted by molar-refractivity contribution is 4.90. The van der Waals surface area contributed by atoms with Gasteiger partial charge in [0.1, 0.15) is 5.76 Å². The van der Waals surface area contributed by atoms with Crippen molar-refractivity contribution in [2.75, 3.05) is 6.73 Å². The van der Waals surface area contributed by atoms with Gasteiger partial charge in [0.25, 0.3) is 0 Å². The molecule has 40 valence electrons. The molecule has 0 saturated carbocycles. The molecule has 3 heteroatoms. The van der Waals surface area contributed by atoms with Gasteiger partial charge < -0.3 is 4.74 Å². The first-order chi connectivity index (χ1) is 3.29. The van der Waals surface area contributed by atoms with E-state index in [-0.39, 0.29) is 0 Å². The number of nitrogens with zero attached hydrogens (tertiary/aromatic N) is 1. The van der Waals surface area contributed by atoms with Crippen LogP contribution in [-0.2, 0) is 4.74 Å². The molecule has 1 heterocycles. The van der Waals surface area contributed by atoms with Crippen LogP contribution < -0.4 is 5.84 Å². The predicted molar refractivity (Wildman–Crippen MR) is 25.7 cm³/mol. The van der Waals surface area contributed by atoms with Crippen LogP contribution in [-0.4, -0.2) is 11.7 Å². The molecule has 0 atom stereocenters. The Morgan fingerprint density at radius 1 is 2.00 bits per heavy atom. The van der Waals surface area contributed by atoms with Crippen molar-refractivity contribution < 1.29 is 4.74 Å². The molecule has 0 aromatic rings. The Labute approximate surface area is 42.3 Å². The molecule has 0 amide bonds. The topological polar surface area (TPSA) is 38.5 Å². The molecule has 2 N–H and O–H groups in total. The van der Waals surface area contributed by atoms with E-state index in [2.05, 4.69) is 0 Å². The highest BCUT2D eigenvalue weighted by Gasteiger charge is 2.02. The van der Waals surface area contributed by atoms with Crippen LogP contribution in [0.25, 0.3) is 0 Å². The zero-order valence-electron chi connectivity index (χ0n) is 4.22. The number of hydrogen-bond donors (Lipinski definition) is 1. The Morgan fingerprint density at radius 3 is 2.86 bits per heavy atom. The van der Waals surface area contributed by atoms with Gasteiger partial charge in [0.15, 0.2) is 6.73 Å². The van der Waals surface area contributed by atoms with E-state index in [1.54, 1.807) is 6.20 Å². The van der Waals surface area contributed by atoms with Crippen molar-refractivity contribution in [3.05, 3.63) is 12.0 Å². The van der Waals surface area contributed by atoms with E-state index in [1.807, 2.05) is 6.92 Å². The molecule has 0 radical (unpaired) electrons. The van der Waals surface area contributed by atoms with Crippen LogP contribution in [0.2, 0.25) is 0 Å². The molecular formula is C4H8N2O. The van der Waals surface area contributed by atoms with Gasteiger partial charge in [0.05, 0.1) is 6.20 Å². The van der Waals surface area contributed by atoms with Gasteiger partial charge in [-0.3, -0.25) is 5.01 Å². The monoisotopic (exact) mass is 100 g/mol. The number of nitrogens with two attached hydrogens (primary N) is 1. The quantitative estimate of drug-likeness (QED) is 0.436. The van der Waals surface area contributed by atoms with E-state index in [4.69, 9.17) is 10.6 Å². The molecule has 0 aliphatic carbocycles. The molecule has 0 aromatic heterocycles. The summed E-state index contributed by atoms with van der Waals surface area (Å²) in [4.78, 5) is 0. The molecule has 1 aliphatic heterocycles. The normalized spacial score (nSPS) is 19.1. The van der Waals surface area contributed by atoms with Gasteiger partial charge in [0, 0.05) is 0 Å². The lowest BCUT2D eigenvalue weighted by Crippen LogP contribution is -2.22. The van der Waals surface area contributed by atoms with Gasteiger partial charge in [-0.05, 0) is 6.92 Å². The van der Waals surface area contributed by atoms with Crippen LogP contribution >= 0.6 is 0 Å². The maximum atomic E-state index is 5.26. The molecule has 1 rings (SSSR count). The third-order valence-electron chi connectivity index (χ3n) is 0.789. The van der Waals surface area contributed by atoms with Crippen LogP contribution in [0.4, 0.5) is 0 Å². The zero-order valence-corrected chi connectivity index (χ0v) is 4.22. The fourth-order valence-corrected chi connectivity index (χ4v) is 0.484. The lowest BCUT2D eigenvalue weighted by molar-refractivity contribution is 0.155. The van der Waals surface area contributed by atoms with E-state index in [0.29, 0.717) is 6.73 Å². The fourth-order valence-electron chi connectivity index (χ4n) is 0.484. The highest BCUT2D eigenvalue weighted by atomic mass is 16.5. The summed E-state index contributed by atoms with van der Waals surface area (Å²) in [5.41, 5.74) is 0. The lowest BCUT2D eigenvalue weighted by atomic mass is 10.6. The maximum absolute atomic E-state index is 5.26.